The van der Waals surface area contributed by atoms with E-state index in [2.05, 4.69) is 37.9 Å². The van der Waals surface area contributed by atoms with E-state index in [4.69, 9.17) is 17.3 Å². The summed E-state index contributed by atoms with van der Waals surface area (Å²) in [5.41, 5.74) is 7.64. The largest absolute Gasteiger partial charge is 0.392 e. The maximum Gasteiger partial charge on any atom is 0.278 e. The first-order valence-electron chi connectivity index (χ1n) is 6.39. The summed E-state index contributed by atoms with van der Waals surface area (Å²) in [5, 5.41) is 0.0503. The fourth-order valence-electron chi connectivity index (χ4n) is 1.90. The van der Waals surface area contributed by atoms with Crippen molar-refractivity contribution in [1.82, 2.24) is 9.55 Å². The Bertz CT molecular complexity index is 669. The van der Waals surface area contributed by atoms with Crippen LogP contribution in [0.2, 0.25) is 5.15 Å². The summed E-state index contributed by atoms with van der Waals surface area (Å²) in [6.07, 6.45) is 1.42. The molecule has 106 valence electrons. The van der Waals surface area contributed by atoms with Gasteiger partial charge in [0.15, 0.2) is 5.15 Å². The van der Waals surface area contributed by atoms with Gasteiger partial charge in [-0.15, -0.1) is 0 Å². The second-order valence-corrected chi connectivity index (χ2v) is 6.19. The van der Waals surface area contributed by atoms with E-state index in [1.807, 2.05) is 12.1 Å². The highest BCUT2D eigenvalue weighted by molar-refractivity contribution is 6.31. The Hall–Kier alpha value is -1.81. The first kappa shape index (κ1) is 14.6. The first-order valence-corrected chi connectivity index (χ1v) is 6.76. The average molecular weight is 292 g/mol. The molecule has 4 nitrogen and oxygen atoms in total. The molecule has 0 spiro atoms. The minimum absolute atomic E-state index is 0.0134. The molecule has 0 bridgehead atoms. The molecule has 0 fully saturated rings. The summed E-state index contributed by atoms with van der Waals surface area (Å²) in [6, 6.07) is 8.18. The second kappa shape index (κ2) is 5.29. The smallest absolute Gasteiger partial charge is 0.278 e. The zero-order valence-electron chi connectivity index (χ0n) is 11.9. The van der Waals surface area contributed by atoms with Crippen molar-refractivity contribution in [3.05, 3.63) is 57.2 Å². The van der Waals surface area contributed by atoms with E-state index < -0.39 is 0 Å². The van der Waals surface area contributed by atoms with E-state index in [9.17, 15) is 4.79 Å². The van der Waals surface area contributed by atoms with Crippen molar-refractivity contribution in [2.24, 2.45) is 0 Å². The molecule has 0 aliphatic rings. The molecule has 2 rings (SSSR count). The number of nitrogens with zero attached hydrogens (tertiary/aromatic N) is 2. The summed E-state index contributed by atoms with van der Waals surface area (Å²) in [4.78, 5) is 15.8. The predicted molar refractivity (Wildman–Crippen MR) is 82.2 cm³/mol. The summed E-state index contributed by atoms with van der Waals surface area (Å²) in [6.45, 7) is 6.92. The lowest BCUT2D eigenvalue weighted by atomic mass is 9.87. The minimum atomic E-state index is -0.315. The van der Waals surface area contributed by atoms with Crippen LogP contribution in [0.15, 0.2) is 35.4 Å². The van der Waals surface area contributed by atoms with Gasteiger partial charge < -0.3 is 5.73 Å². The summed E-state index contributed by atoms with van der Waals surface area (Å²) in [7, 11) is 0. The lowest BCUT2D eigenvalue weighted by Crippen LogP contribution is -2.24. The van der Waals surface area contributed by atoms with Gasteiger partial charge in [0, 0.05) is 0 Å². The molecule has 20 heavy (non-hydrogen) atoms. The summed E-state index contributed by atoms with van der Waals surface area (Å²) >= 11 is 5.71. The Morgan fingerprint density at radius 2 is 1.85 bits per heavy atom. The number of rotatable bonds is 2. The van der Waals surface area contributed by atoms with Gasteiger partial charge in [0.25, 0.3) is 5.56 Å². The topological polar surface area (TPSA) is 60.9 Å². The van der Waals surface area contributed by atoms with Gasteiger partial charge in [-0.25, -0.2) is 4.98 Å². The van der Waals surface area contributed by atoms with E-state index >= 15 is 0 Å². The average Bonchev–Trinajstić information content (AvgIpc) is 2.39. The molecule has 1 aromatic carbocycles. The molecule has 0 unspecified atom stereocenters. The zero-order chi connectivity index (χ0) is 14.9. The number of hydrogen-bond acceptors (Lipinski definition) is 3. The van der Waals surface area contributed by atoms with Crippen molar-refractivity contribution in [3.63, 3.8) is 0 Å². The fourth-order valence-corrected chi connectivity index (χ4v) is 2.03. The molecular formula is C15H18ClN3O. The first-order chi connectivity index (χ1) is 9.29. The molecule has 5 heteroatoms. The lowest BCUT2D eigenvalue weighted by molar-refractivity contribution is 0.589. The monoisotopic (exact) mass is 291 g/mol. The molecule has 0 radical (unpaired) electrons. The number of benzene rings is 1. The van der Waals surface area contributed by atoms with Gasteiger partial charge in [0.05, 0.1) is 12.9 Å². The van der Waals surface area contributed by atoms with Gasteiger partial charge in [-0.3, -0.25) is 9.36 Å². The van der Waals surface area contributed by atoms with Crippen molar-refractivity contribution >= 4 is 17.3 Å². The maximum atomic E-state index is 11.9. The van der Waals surface area contributed by atoms with Crippen LogP contribution in [0.3, 0.4) is 0 Å². The third-order valence-electron chi connectivity index (χ3n) is 3.20. The highest BCUT2D eigenvalue weighted by atomic mass is 35.5. The Kier molecular flexibility index (Phi) is 3.86. The van der Waals surface area contributed by atoms with Gasteiger partial charge in [-0.05, 0) is 16.5 Å². The molecule has 1 heterocycles. The molecule has 0 saturated heterocycles. The quantitative estimate of drug-likeness (QED) is 0.866. The number of nitrogen functional groups attached to an aromatic ring is 1. The fraction of sp³-hybridized carbons (Fsp3) is 0.333. The van der Waals surface area contributed by atoms with Crippen LogP contribution in [0.5, 0.6) is 0 Å². The Morgan fingerprint density at radius 3 is 2.40 bits per heavy atom. The van der Waals surface area contributed by atoms with Gasteiger partial charge in [-0.1, -0.05) is 56.6 Å². The SMILES string of the molecule is CC(C)(C)c1ccc(Cn2cnc(Cl)c(N)c2=O)cc1. The van der Waals surface area contributed by atoms with Crippen molar-refractivity contribution in [1.29, 1.82) is 0 Å². The molecule has 0 amide bonds. The number of halogens is 1. The molecule has 0 saturated carbocycles. The van der Waals surface area contributed by atoms with Crippen LogP contribution in [0.1, 0.15) is 31.9 Å². The van der Waals surface area contributed by atoms with Gasteiger partial charge >= 0.3 is 0 Å². The predicted octanol–water partition coefficient (Wildman–Crippen LogP) is 2.82. The molecular weight excluding hydrogens is 274 g/mol. The van der Waals surface area contributed by atoms with Crippen molar-refractivity contribution in [2.45, 2.75) is 32.7 Å². The third-order valence-corrected chi connectivity index (χ3v) is 3.50. The maximum absolute atomic E-state index is 11.9. The highest BCUT2D eigenvalue weighted by Crippen LogP contribution is 2.22. The van der Waals surface area contributed by atoms with Crippen LogP contribution in [0, 0.1) is 0 Å². The van der Waals surface area contributed by atoms with Crippen LogP contribution < -0.4 is 11.3 Å². The van der Waals surface area contributed by atoms with Crippen LogP contribution >= 0.6 is 11.6 Å². The highest BCUT2D eigenvalue weighted by Gasteiger charge is 2.13. The van der Waals surface area contributed by atoms with Gasteiger partial charge in [0.2, 0.25) is 0 Å². The number of aromatic nitrogens is 2. The van der Waals surface area contributed by atoms with E-state index in [-0.39, 0.29) is 21.8 Å². The molecule has 2 aromatic rings. The van der Waals surface area contributed by atoms with Gasteiger partial charge in [0.1, 0.15) is 5.69 Å². The van der Waals surface area contributed by atoms with Crippen molar-refractivity contribution in [2.75, 3.05) is 5.73 Å². The number of anilines is 1. The van der Waals surface area contributed by atoms with E-state index in [0.29, 0.717) is 6.54 Å². The van der Waals surface area contributed by atoms with Crippen LogP contribution in [0.25, 0.3) is 0 Å². The number of hydrogen-bond donors (Lipinski definition) is 1. The Balaban J connectivity index is 2.28. The van der Waals surface area contributed by atoms with Crippen LogP contribution in [-0.4, -0.2) is 9.55 Å². The summed E-state index contributed by atoms with van der Waals surface area (Å²) in [5.74, 6) is 0. The molecule has 0 atom stereocenters. The Labute approximate surface area is 123 Å². The van der Waals surface area contributed by atoms with Crippen molar-refractivity contribution in [3.8, 4) is 0 Å². The minimum Gasteiger partial charge on any atom is -0.392 e. The molecule has 2 N–H and O–H groups in total. The standard InChI is InChI=1S/C15H18ClN3O/c1-15(2,3)11-6-4-10(5-7-11)8-19-9-18-13(16)12(17)14(19)20/h4-7,9H,8,17H2,1-3H3. The Morgan fingerprint density at radius 1 is 1.25 bits per heavy atom. The molecule has 0 aliphatic heterocycles. The zero-order valence-corrected chi connectivity index (χ0v) is 12.6. The lowest BCUT2D eigenvalue weighted by Gasteiger charge is -2.19. The van der Waals surface area contributed by atoms with E-state index in [1.165, 1.54) is 16.5 Å². The summed E-state index contributed by atoms with van der Waals surface area (Å²) < 4.78 is 1.45. The molecule has 1 aromatic heterocycles. The van der Waals surface area contributed by atoms with Gasteiger partial charge in [-0.2, -0.15) is 0 Å². The van der Waals surface area contributed by atoms with Crippen LogP contribution in [-0.2, 0) is 12.0 Å². The number of nitrogens with two attached hydrogens (primary N) is 1. The van der Waals surface area contributed by atoms with Crippen molar-refractivity contribution < 1.29 is 0 Å². The normalized spacial score (nSPS) is 11.6. The van der Waals surface area contributed by atoms with E-state index in [1.54, 1.807) is 0 Å². The van der Waals surface area contributed by atoms with E-state index in [0.717, 1.165) is 5.56 Å². The second-order valence-electron chi connectivity index (χ2n) is 5.83. The molecule has 0 aliphatic carbocycles. The third kappa shape index (κ3) is 3.02. The van der Waals surface area contributed by atoms with Crippen LogP contribution in [0.4, 0.5) is 5.69 Å².